The zero-order valence-corrected chi connectivity index (χ0v) is 15.8. The predicted molar refractivity (Wildman–Crippen MR) is 96.3 cm³/mol. The Morgan fingerprint density at radius 1 is 1.39 bits per heavy atom. The molecule has 1 aliphatic heterocycles. The molecule has 0 radical (unpaired) electrons. The van der Waals surface area contributed by atoms with E-state index in [1.807, 2.05) is 32.9 Å². The molecule has 128 valence electrons. The Balaban J connectivity index is 2.15. The van der Waals surface area contributed by atoms with E-state index in [0.717, 1.165) is 17.3 Å². The van der Waals surface area contributed by atoms with Crippen LogP contribution in [0.4, 0.5) is 0 Å². The first-order chi connectivity index (χ1) is 10.7. The Bertz CT molecular complexity index is 548. The number of rotatable bonds is 4. The molecule has 1 saturated heterocycles. The average molecular weight is 383 g/mol. The van der Waals surface area contributed by atoms with Crippen LogP contribution in [0.1, 0.15) is 39.2 Å². The summed E-state index contributed by atoms with van der Waals surface area (Å²) in [5.74, 6) is -0.0848. The molecule has 0 aromatic heterocycles. The van der Waals surface area contributed by atoms with Gasteiger partial charge in [0, 0.05) is 29.6 Å². The lowest BCUT2D eigenvalue weighted by molar-refractivity contribution is -0.125. The maximum Gasteiger partial charge on any atom is 0.237 e. The molecule has 4 nitrogen and oxygen atoms in total. The number of amides is 1. The van der Waals surface area contributed by atoms with Gasteiger partial charge in [-0.2, -0.15) is 0 Å². The zero-order chi connectivity index (χ0) is 17.1. The van der Waals surface area contributed by atoms with Crippen LogP contribution in [0.15, 0.2) is 28.7 Å². The van der Waals surface area contributed by atoms with Gasteiger partial charge in [-0.1, -0.05) is 48.8 Å². The first-order valence-corrected chi connectivity index (χ1v) is 8.91. The van der Waals surface area contributed by atoms with Gasteiger partial charge in [-0.25, -0.2) is 0 Å². The van der Waals surface area contributed by atoms with Crippen molar-refractivity contribution < 1.29 is 9.53 Å². The number of carbonyl (C=O) groups excluding carboxylic acids is 1. The molecule has 0 saturated carbocycles. The first-order valence-electron chi connectivity index (χ1n) is 8.12. The van der Waals surface area contributed by atoms with Gasteiger partial charge in [-0.3, -0.25) is 4.79 Å². The second kappa shape index (κ2) is 7.32. The second-order valence-corrected chi connectivity index (χ2v) is 8.38. The highest BCUT2D eigenvalue weighted by Gasteiger charge is 2.36. The van der Waals surface area contributed by atoms with Crippen molar-refractivity contribution in [3.05, 3.63) is 34.3 Å². The van der Waals surface area contributed by atoms with Gasteiger partial charge in [-0.15, -0.1) is 0 Å². The van der Waals surface area contributed by atoms with Crippen LogP contribution in [-0.4, -0.2) is 31.7 Å². The number of benzene rings is 1. The Labute approximate surface area is 147 Å². The topological polar surface area (TPSA) is 64.4 Å². The minimum absolute atomic E-state index is 0.0848. The number of halogens is 1. The summed E-state index contributed by atoms with van der Waals surface area (Å²) in [6, 6.07) is 7.82. The molecule has 0 aliphatic carbocycles. The quantitative estimate of drug-likeness (QED) is 0.840. The normalized spacial score (nSPS) is 19.2. The molecule has 1 amide bonds. The summed E-state index contributed by atoms with van der Waals surface area (Å²) in [4.78, 5) is 12.4. The molecule has 0 unspecified atom stereocenters. The van der Waals surface area contributed by atoms with E-state index in [2.05, 4.69) is 33.4 Å². The number of hydrogen-bond donors (Lipinski definition) is 2. The molecular formula is C18H27BrN2O2. The Morgan fingerprint density at radius 3 is 2.61 bits per heavy atom. The van der Waals surface area contributed by atoms with Gasteiger partial charge in [-0.05, 0) is 36.0 Å². The number of hydrogen-bond acceptors (Lipinski definition) is 3. The minimum atomic E-state index is -0.512. The SMILES string of the molecule is CC(C)(C)[C@H](N)C(=O)NCC1(c2cccc(Br)c2)CCOCC1. The molecule has 1 atom stereocenters. The first kappa shape index (κ1) is 18.4. The molecule has 5 heteroatoms. The monoisotopic (exact) mass is 382 g/mol. The third-order valence-corrected chi connectivity index (χ3v) is 5.20. The van der Waals surface area contributed by atoms with Crippen LogP contribution in [-0.2, 0) is 14.9 Å². The van der Waals surface area contributed by atoms with E-state index in [1.54, 1.807) is 0 Å². The number of carbonyl (C=O) groups is 1. The summed E-state index contributed by atoms with van der Waals surface area (Å²) in [5, 5.41) is 3.08. The van der Waals surface area contributed by atoms with Crippen LogP contribution in [0, 0.1) is 5.41 Å². The van der Waals surface area contributed by atoms with Crippen molar-refractivity contribution in [2.24, 2.45) is 11.1 Å². The number of ether oxygens (including phenoxy) is 1. The van der Waals surface area contributed by atoms with E-state index in [1.165, 1.54) is 5.56 Å². The van der Waals surface area contributed by atoms with Gasteiger partial charge in [0.1, 0.15) is 0 Å². The molecule has 2 rings (SSSR count). The smallest absolute Gasteiger partial charge is 0.237 e. The van der Waals surface area contributed by atoms with Crippen LogP contribution >= 0.6 is 15.9 Å². The summed E-state index contributed by atoms with van der Waals surface area (Å²) in [6.07, 6.45) is 1.79. The van der Waals surface area contributed by atoms with Crippen molar-refractivity contribution in [2.45, 2.75) is 45.1 Å². The zero-order valence-electron chi connectivity index (χ0n) is 14.2. The van der Waals surface area contributed by atoms with Crippen molar-refractivity contribution >= 4 is 21.8 Å². The highest BCUT2D eigenvalue weighted by Crippen LogP contribution is 2.35. The largest absolute Gasteiger partial charge is 0.381 e. The van der Waals surface area contributed by atoms with Crippen LogP contribution in [0.3, 0.4) is 0 Å². The summed E-state index contributed by atoms with van der Waals surface area (Å²) < 4.78 is 6.59. The molecule has 1 aliphatic rings. The lowest BCUT2D eigenvalue weighted by atomic mass is 9.74. The lowest BCUT2D eigenvalue weighted by Gasteiger charge is -2.38. The predicted octanol–water partition coefficient (Wildman–Crippen LogP) is 2.99. The fourth-order valence-electron chi connectivity index (χ4n) is 2.91. The summed E-state index contributed by atoms with van der Waals surface area (Å²) >= 11 is 3.54. The summed E-state index contributed by atoms with van der Waals surface area (Å²) in [7, 11) is 0. The Hall–Kier alpha value is -0.910. The molecule has 1 aromatic carbocycles. The van der Waals surface area contributed by atoms with Crippen molar-refractivity contribution in [1.29, 1.82) is 0 Å². The van der Waals surface area contributed by atoms with E-state index in [4.69, 9.17) is 10.5 Å². The maximum absolute atomic E-state index is 12.4. The molecule has 1 heterocycles. The van der Waals surface area contributed by atoms with E-state index < -0.39 is 6.04 Å². The number of nitrogens with one attached hydrogen (secondary N) is 1. The third kappa shape index (κ3) is 4.55. The van der Waals surface area contributed by atoms with Gasteiger partial charge in [0.2, 0.25) is 5.91 Å². The lowest BCUT2D eigenvalue weighted by Crippen LogP contribution is -2.52. The molecular weight excluding hydrogens is 356 g/mol. The van der Waals surface area contributed by atoms with Crippen LogP contribution < -0.4 is 11.1 Å². The highest BCUT2D eigenvalue weighted by atomic mass is 79.9. The molecule has 1 fully saturated rings. The highest BCUT2D eigenvalue weighted by molar-refractivity contribution is 9.10. The van der Waals surface area contributed by atoms with Crippen LogP contribution in [0.25, 0.3) is 0 Å². The maximum atomic E-state index is 12.4. The van der Waals surface area contributed by atoms with E-state index in [0.29, 0.717) is 19.8 Å². The third-order valence-electron chi connectivity index (χ3n) is 4.70. The molecule has 1 aromatic rings. The van der Waals surface area contributed by atoms with Crippen LogP contribution in [0.2, 0.25) is 0 Å². The van der Waals surface area contributed by atoms with E-state index in [9.17, 15) is 4.79 Å². The molecule has 3 N–H and O–H groups in total. The fourth-order valence-corrected chi connectivity index (χ4v) is 3.31. The van der Waals surface area contributed by atoms with Crippen molar-refractivity contribution in [1.82, 2.24) is 5.32 Å². The van der Waals surface area contributed by atoms with Crippen molar-refractivity contribution in [2.75, 3.05) is 19.8 Å². The van der Waals surface area contributed by atoms with E-state index in [-0.39, 0.29) is 16.7 Å². The van der Waals surface area contributed by atoms with E-state index >= 15 is 0 Å². The fraction of sp³-hybridized carbons (Fsp3) is 0.611. The van der Waals surface area contributed by atoms with Gasteiger partial charge in [0.05, 0.1) is 6.04 Å². The summed E-state index contributed by atoms with van der Waals surface area (Å²) in [6.45, 7) is 7.97. The van der Waals surface area contributed by atoms with Crippen molar-refractivity contribution in [3.63, 3.8) is 0 Å². The molecule has 0 spiro atoms. The van der Waals surface area contributed by atoms with Gasteiger partial charge >= 0.3 is 0 Å². The van der Waals surface area contributed by atoms with Gasteiger partial charge in [0.15, 0.2) is 0 Å². The number of nitrogens with two attached hydrogens (primary N) is 1. The van der Waals surface area contributed by atoms with Gasteiger partial charge < -0.3 is 15.8 Å². The molecule has 23 heavy (non-hydrogen) atoms. The standard InChI is InChI=1S/C18H27BrN2O2/c1-17(2,3)15(20)16(22)21-12-18(7-9-23-10-8-18)13-5-4-6-14(19)11-13/h4-6,11,15H,7-10,12,20H2,1-3H3,(H,21,22)/t15-/m1/s1. The summed E-state index contributed by atoms with van der Waals surface area (Å²) in [5.41, 5.74) is 6.97. The minimum Gasteiger partial charge on any atom is -0.381 e. The average Bonchev–Trinajstić information content (AvgIpc) is 2.52. The van der Waals surface area contributed by atoms with Crippen LogP contribution in [0.5, 0.6) is 0 Å². The molecule has 0 bridgehead atoms. The Morgan fingerprint density at radius 2 is 2.04 bits per heavy atom. The van der Waals surface area contributed by atoms with Crippen molar-refractivity contribution in [3.8, 4) is 0 Å². The second-order valence-electron chi connectivity index (χ2n) is 7.46. The van der Waals surface area contributed by atoms with Gasteiger partial charge in [0.25, 0.3) is 0 Å². The Kier molecular flexibility index (Phi) is 5.87.